The van der Waals surface area contributed by atoms with Crippen molar-refractivity contribution in [3.8, 4) is 17.2 Å². The van der Waals surface area contributed by atoms with Crippen molar-refractivity contribution in [3.63, 3.8) is 0 Å². The molecule has 1 rings (SSSR count). The van der Waals surface area contributed by atoms with Crippen LogP contribution in [0.1, 0.15) is 0 Å². The van der Waals surface area contributed by atoms with Gasteiger partial charge in [0.05, 0.1) is 14.2 Å². The highest BCUT2D eigenvalue weighted by Gasteiger charge is 2.01. The molecule has 0 spiro atoms. The quantitative estimate of drug-likeness (QED) is 0.837. The minimum Gasteiger partial charge on any atom is -0.496 e. The maximum Gasteiger partial charge on any atom is 0.126 e. The van der Waals surface area contributed by atoms with Crippen LogP contribution in [0, 0.1) is 0 Å². The summed E-state index contributed by atoms with van der Waals surface area (Å²) in [5.41, 5.74) is 5.33. The monoisotopic (exact) mass is 233 g/mol. The number of ether oxygens (including phenoxy) is 3. The molecule has 5 heteroatoms. The van der Waals surface area contributed by atoms with E-state index in [-0.39, 0.29) is 12.4 Å². The summed E-state index contributed by atoms with van der Waals surface area (Å²) in [6.45, 7) is 0.968. The summed E-state index contributed by atoms with van der Waals surface area (Å²) in [7, 11) is 3.20. The van der Waals surface area contributed by atoms with Crippen molar-refractivity contribution < 1.29 is 14.2 Å². The maximum atomic E-state index is 5.36. The van der Waals surface area contributed by atoms with Gasteiger partial charge in [-0.2, -0.15) is 0 Å². The molecule has 0 aromatic heterocycles. The van der Waals surface area contributed by atoms with Gasteiger partial charge in [0.25, 0.3) is 0 Å². The van der Waals surface area contributed by atoms with Crippen LogP contribution in [0.3, 0.4) is 0 Å². The molecule has 1 aromatic rings. The number of nitrogens with two attached hydrogens (primary N) is 1. The molecular weight excluding hydrogens is 218 g/mol. The van der Waals surface area contributed by atoms with E-state index >= 15 is 0 Å². The van der Waals surface area contributed by atoms with Gasteiger partial charge in [-0.05, 0) is 0 Å². The number of methoxy groups -OCH3 is 2. The van der Waals surface area contributed by atoms with Crippen LogP contribution >= 0.6 is 12.4 Å². The third-order valence-electron chi connectivity index (χ3n) is 1.71. The van der Waals surface area contributed by atoms with E-state index in [1.54, 1.807) is 32.4 Å². The Kier molecular flexibility index (Phi) is 6.66. The number of halogens is 1. The normalized spacial score (nSPS) is 9.00. The fourth-order valence-electron chi connectivity index (χ4n) is 1.04. The molecule has 86 valence electrons. The van der Waals surface area contributed by atoms with Gasteiger partial charge >= 0.3 is 0 Å². The summed E-state index contributed by atoms with van der Waals surface area (Å²) in [6.07, 6.45) is 0. The Morgan fingerprint density at radius 1 is 1.00 bits per heavy atom. The van der Waals surface area contributed by atoms with Crippen molar-refractivity contribution in [1.82, 2.24) is 0 Å². The van der Waals surface area contributed by atoms with Crippen molar-refractivity contribution >= 4 is 12.4 Å². The highest BCUT2D eigenvalue weighted by atomic mass is 35.5. The second-order valence-corrected chi connectivity index (χ2v) is 2.69. The van der Waals surface area contributed by atoms with Crippen molar-refractivity contribution in [1.29, 1.82) is 0 Å². The summed E-state index contributed by atoms with van der Waals surface area (Å²) in [6, 6.07) is 5.37. The molecule has 0 aliphatic rings. The fraction of sp³-hybridized carbons (Fsp3) is 0.400. The Labute approximate surface area is 95.7 Å². The van der Waals surface area contributed by atoms with E-state index in [1.165, 1.54) is 0 Å². The van der Waals surface area contributed by atoms with Gasteiger partial charge in [-0.15, -0.1) is 12.4 Å². The SMILES string of the molecule is COc1cc(OC)cc(OCCN)c1.Cl. The summed E-state index contributed by atoms with van der Waals surface area (Å²) in [5.74, 6) is 2.11. The number of benzene rings is 1. The molecule has 1 aromatic carbocycles. The molecule has 0 saturated carbocycles. The van der Waals surface area contributed by atoms with E-state index in [9.17, 15) is 0 Å². The average molecular weight is 234 g/mol. The minimum atomic E-state index is 0. The fourth-order valence-corrected chi connectivity index (χ4v) is 1.04. The van der Waals surface area contributed by atoms with Gasteiger partial charge in [0.2, 0.25) is 0 Å². The minimum absolute atomic E-state index is 0. The van der Waals surface area contributed by atoms with Gasteiger partial charge in [0.15, 0.2) is 0 Å². The molecule has 15 heavy (non-hydrogen) atoms. The highest BCUT2D eigenvalue weighted by Crippen LogP contribution is 2.27. The van der Waals surface area contributed by atoms with E-state index < -0.39 is 0 Å². The first-order chi connectivity index (χ1) is 6.80. The number of rotatable bonds is 5. The Hall–Kier alpha value is -1.13. The van der Waals surface area contributed by atoms with Crippen molar-refractivity contribution in [2.24, 2.45) is 5.73 Å². The number of hydrogen-bond donors (Lipinski definition) is 1. The molecule has 0 saturated heterocycles. The van der Waals surface area contributed by atoms with E-state index in [0.717, 1.165) is 0 Å². The summed E-state index contributed by atoms with van der Waals surface area (Å²) >= 11 is 0. The van der Waals surface area contributed by atoms with Crippen molar-refractivity contribution in [2.75, 3.05) is 27.4 Å². The molecule has 0 radical (unpaired) electrons. The zero-order chi connectivity index (χ0) is 10.4. The maximum absolute atomic E-state index is 5.36. The second-order valence-electron chi connectivity index (χ2n) is 2.69. The molecule has 0 atom stereocenters. The molecular formula is C10H16ClNO3. The first-order valence-corrected chi connectivity index (χ1v) is 4.36. The lowest BCUT2D eigenvalue weighted by molar-refractivity contribution is 0.320. The van der Waals surface area contributed by atoms with Crippen molar-refractivity contribution in [3.05, 3.63) is 18.2 Å². The smallest absolute Gasteiger partial charge is 0.126 e. The van der Waals surface area contributed by atoms with E-state index in [0.29, 0.717) is 30.4 Å². The first-order valence-electron chi connectivity index (χ1n) is 4.36. The molecule has 0 aliphatic carbocycles. The lowest BCUT2D eigenvalue weighted by atomic mass is 10.3. The van der Waals surface area contributed by atoms with Gasteiger partial charge in [0, 0.05) is 24.7 Å². The van der Waals surface area contributed by atoms with Crippen LogP contribution in [-0.2, 0) is 0 Å². The Morgan fingerprint density at radius 3 is 1.87 bits per heavy atom. The van der Waals surface area contributed by atoms with Crippen LogP contribution in [0.5, 0.6) is 17.2 Å². The van der Waals surface area contributed by atoms with Gasteiger partial charge < -0.3 is 19.9 Å². The van der Waals surface area contributed by atoms with Crippen LogP contribution in [0.25, 0.3) is 0 Å². The Balaban J connectivity index is 0.00000196. The average Bonchev–Trinajstić information content (AvgIpc) is 2.25. The third kappa shape index (κ3) is 4.27. The van der Waals surface area contributed by atoms with E-state index in [1.807, 2.05) is 0 Å². The zero-order valence-electron chi connectivity index (χ0n) is 8.86. The van der Waals surface area contributed by atoms with Crippen LogP contribution in [-0.4, -0.2) is 27.4 Å². The van der Waals surface area contributed by atoms with Crippen LogP contribution < -0.4 is 19.9 Å². The summed E-state index contributed by atoms with van der Waals surface area (Å²) in [5, 5.41) is 0. The third-order valence-corrected chi connectivity index (χ3v) is 1.71. The lowest BCUT2D eigenvalue weighted by Gasteiger charge is -2.09. The second kappa shape index (κ2) is 7.20. The topological polar surface area (TPSA) is 53.7 Å². The van der Waals surface area contributed by atoms with Crippen LogP contribution in [0.2, 0.25) is 0 Å². The summed E-state index contributed by atoms with van der Waals surface area (Å²) < 4.78 is 15.5. The standard InChI is InChI=1S/C10H15NO3.ClH/c1-12-8-5-9(13-2)7-10(6-8)14-4-3-11;/h5-7H,3-4,11H2,1-2H3;1H. The predicted molar refractivity (Wildman–Crippen MR) is 61.3 cm³/mol. The van der Waals surface area contributed by atoms with Gasteiger partial charge in [0.1, 0.15) is 23.9 Å². The highest BCUT2D eigenvalue weighted by molar-refractivity contribution is 5.85. The molecule has 0 fully saturated rings. The molecule has 2 N–H and O–H groups in total. The zero-order valence-corrected chi connectivity index (χ0v) is 9.67. The first kappa shape index (κ1) is 13.9. The number of hydrogen-bond acceptors (Lipinski definition) is 4. The lowest BCUT2D eigenvalue weighted by Crippen LogP contribution is -2.10. The Morgan fingerprint density at radius 2 is 1.47 bits per heavy atom. The van der Waals surface area contributed by atoms with E-state index in [4.69, 9.17) is 19.9 Å². The molecule has 0 bridgehead atoms. The van der Waals surface area contributed by atoms with E-state index in [2.05, 4.69) is 0 Å². The molecule has 0 aliphatic heterocycles. The van der Waals surface area contributed by atoms with Crippen LogP contribution in [0.4, 0.5) is 0 Å². The van der Waals surface area contributed by atoms with Crippen LogP contribution in [0.15, 0.2) is 18.2 Å². The molecule has 4 nitrogen and oxygen atoms in total. The molecule has 0 amide bonds. The molecule has 0 unspecified atom stereocenters. The Bertz CT molecular complexity index is 272. The summed E-state index contributed by atoms with van der Waals surface area (Å²) in [4.78, 5) is 0. The molecule has 0 heterocycles. The van der Waals surface area contributed by atoms with Gasteiger partial charge in [-0.1, -0.05) is 0 Å². The van der Waals surface area contributed by atoms with Gasteiger partial charge in [-0.25, -0.2) is 0 Å². The van der Waals surface area contributed by atoms with Gasteiger partial charge in [-0.3, -0.25) is 0 Å². The largest absolute Gasteiger partial charge is 0.496 e. The predicted octanol–water partition coefficient (Wildman–Crippen LogP) is 1.46. The van der Waals surface area contributed by atoms with Crippen molar-refractivity contribution in [2.45, 2.75) is 0 Å².